The SMILES string of the molecule is Cc1cccc(-c2nc(COC3CCCC(CC(O)C4SC(=O)NC4=O)C3)c(C)o2)c1. The monoisotopic (exact) mass is 444 g/mol. The smallest absolute Gasteiger partial charge is 0.286 e. The topological polar surface area (TPSA) is 102 Å². The summed E-state index contributed by atoms with van der Waals surface area (Å²) in [5.74, 6) is 1.23. The molecule has 0 radical (unpaired) electrons. The number of hydrogen-bond donors (Lipinski definition) is 2. The predicted octanol–water partition coefficient (Wildman–Crippen LogP) is 4.14. The molecule has 2 aliphatic rings. The van der Waals surface area contributed by atoms with Gasteiger partial charge in [0.25, 0.3) is 5.24 Å². The zero-order chi connectivity index (χ0) is 22.0. The average Bonchev–Trinajstić information content (AvgIpc) is 3.28. The number of rotatable bonds is 7. The second-order valence-electron chi connectivity index (χ2n) is 8.48. The number of hydrogen-bond acceptors (Lipinski definition) is 7. The molecule has 1 aliphatic carbocycles. The molecule has 2 N–H and O–H groups in total. The fraction of sp³-hybridized carbons (Fsp3) is 0.522. The first-order valence-electron chi connectivity index (χ1n) is 10.7. The number of nitrogens with one attached hydrogen (secondary N) is 1. The fourth-order valence-corrected chi connectivity index (χ4v) is 5.18. The summed E-state index contributed by atoms with van der Waals surface area (Å²) < 4.78 is 12.0. The summed E-state index contributed by atoms with van der Waals surface area (Å²) in [6.07, 6.45) is 3.54. The minimum atomic E-state index is -0.824. The van der Waals surface area contributed by atoms with Crippen molar-refractivity contribution in [3.63, 3.8) is 0 Å². The van der Waals surface area contributed by atoms with Gasteiger partial charge in [-0.25, -0.2) is 4.98 Å². The Morgan fingerprint density at radius 3 is 2.90 bits per heavy atom. The second kappa shape index (κ2) is 9.54. The van der Waals surface area contributed by atoms with Crippen molar-refractivity contribution in [2.24, 2.45) is 5.92 Å². The molecule has 4 rings (SSSR count). The van der Waals surface area contributed by atoms with Gasteiger partial charge in [-0.1, -0.05) is 30.5 Å². The number of oxazole rings is 1. The third-order valence-corrected chi connectivity index (χ3v) is 7.09. The van der Waals surface area contributed by atoms with Gasteiger partial charge in [0.05, 0.1) is 18.8 Å². The van der Waals surface area contributed by atoms with E-state index >= 15 is 0 Å². The average molecular weight is 445 g/mol. The van der Waals surface area contributed by atoms with Crippen molar-refractivity contribution in [2.45, 2.75) is 70.0 Å². The van der Waals surface area contributed by atoms with Crippen LogP contribution in [0.25, 0.3) is 11.5 Å². The summed E-state index contributed by atoms with van der Waals surface area (Å²) in [5.41, 5.74) is 2.91. The molecule has 4 unspecified atom stereocenters. The first-order chi connectivity index (χ1) is 14.9. The van der Waals surface area contributed by atoms with Crippen LogP contribution >= 0.6 is 11.8 Å². The van der Waals surface area contributed by atoms with Gasteiger partial charge in [-0.2, -0.15) is 0 Å². The van der Waals surface area contributed by atoms with Gasteiger partial charge in [-0.15, -0.1) is 0 Å². The summed E-state index contributed by atoms with van der Waals surface area (Å²) in [5, 5.41) is 11.6. The Balaban J connectivity index is 1.31. The van der Waals surface area contributed by atoms with Gasteiger partial charge in [-0.3, -0.25) is 14.9 Å². The van der Waals surface area contributed by atoms with Gasteiger partial charge in [-0.05, 0) is 62.9 Å². The first kappa shape index (κ1) is 22.0. The van der Waals surface area contributed by atoms with E-state index in [-0.39, 0.29) is 17.3 Å². The molecule has 1 aliphatic heterocycles. The van der Waals surface area contributed by atoms with E-state index in [0.29, 0.717) is 18.9 Å². The molecular weight excluding hydrogens is 416 g/mol. The Morgan fingerprint density at radius 2 is 2.16 bits per heavy atom. The summed E-state index contributed by atoms with van der Waals surface area (Å²) in [6, 6.07) is 8.05. The number of carbonyl (C=O) groups is 2. The molecule has 4 atom stereocenters. The van der Waals surface area contributed by atoms with Gasteiger partial charge in [0.1, 0.15) is 16.7 Å². The van der Waals surface area contributed by atoms with Crippen molar-refractivity contribution in [1.29, 1.82) is 0 Å². The molecule has 1 saturated heterocycles. The Kier molecular flexibility index (Phi) is 6.79. The third kappa shape index (κ3) is 5.37. The van der Waals surface area contributed by atoms with Crippen molar-refractivity contribution in [2.75, 3.05) is 0 Å². The van der Waals surface area contributed by atoms with Crippen LogP contribution in [0, 0.1) is 19.8 Å². The first-order valence-corrected chi connectivity index (χ1v) is 11.6. The minimum absolute atomic E-state index is 0.0798. The molecule has 1 aromatic carbocycles. The molecule has 2 fully saturated rings. The number of benzene rings is 1. The maximum absolute atomic E-state index is 11.8. The van der Waals surface area contributed by atoms with Crippen LogP contribution in [0.5, 0.6) is 0 Å². The molecule has 7 nitrogen and oxygen atoms in total. The van der Waals surface area contributed by atoms with Gasteiger partial charge >= 0.3 is 0 Å². The molecule has 0 spiro atoms. The number of imide groups is 1. The van der Waals surface area contributed by atoms with E-state index < -0.39 is 17.3 Å². The number of ether oxygens (including phenoxy) is 1. The summed E-state index contributed by atoms with van der Waals surface area (Å²) in [7, 11) is 0. The van der Waals surface area contributed by atoms with E-state index in [9.17, 15) is 14.7 Å². The number of aryl methyl sites for hydroxylation is 2. The molecule has 1 saturated carbocycles. The van der Waals surface area contributed by atoms with Crippen LogP contribution in [-0.4, -0.2) is 38.7 Å². The Morgan fingerprint density at radius 1 is 1.32 bits per heavy atom. The summed E-state index contributed by atoms with van der Waals surface area (Å²) in [6.45, 7) is 4.32. The quantitative estimate of drug-likeness (QED) is 0.662. The molecule has 2 amide bonds. The van der Waals surface area contributed by atoms with E-state index in [4.69, 9.17) is 9.15 Å². The predicted molar refractivity (Wildman–Crippen MR) is 117 cm³/mol. The maximum atomic E-state index is 11.8. The van der Waals surface area contributed by atoms with E-state index in [1.165, 1.54) is 0 Å². The van der Waals surface area contributed by atoms with Gasteiger partial charge in [0, 0.05) is 5.56 Å². The number of thioether (sulfide) groups is 1. The number of aliphatic hydroxyl groups excluding tert-OH is 1. The Bertz CT molecular complexity index is 959. The van der Waals surface area contributed by atoms with Crippen molar-refractivity contribution in [1.82, 2.24) is 10.3 Å². The van der Waals surface area contributed by atoms with Gasteiger partial charge in [0.15, 0.2) is 0 Å². The number of carbonyl (C=O) groups excluding carboxylic acids is 2. The van der Waals surface area contributed by atoms with Crippen LogP contribution in [0.15, 0.2) is 28.7 Å². The maximum Gasteiger partial charge on any atom is 0.286 e. The molecule has 0 bridgehead atoms. The second-order valence-corrected chi connectivity index (χ2v) is 9.59. The van der Waals surface area contributed by atoms with Crippen molar-refractivity contribution >= 4 is 22.9 Å². The molecule has 8 heteroatoms. The molecule has 2 aromatic rings. The summed E-state index contributed by atoms with van der Waals surface area (Å²) >= 11 is 0.882. The molecule has 166 valence electrons. The molecule has 1 aromatic heterocycles. The Hall–Kier alpha value is -2.16. The zero-order valence-electron chi connectivity index (χ0n) is 17.8. The lowest BCUT2D eigenvalue weighted by molar-refractivity contribution is -0.120. The van der Waals surface area contributed by atoms with Crippen molar-refractivity contribution in [3.05, 3.63) is 41.3 Å². The van der Waals surface area contributed by atoms with Crippen LogP contribution in [0.4, 0.5) is 4.79 Å². The number of nitrogens with zero attached hydrogens (tertiary/aromatic N) is 1. The highest BCUT2D eigenvalue weighted by atomic mass is 32.2. The van der Waals surface area contributed by atoms with Crippen LogP contribution in [-0.2, 0) is 16.1 Å². The zero-order valence-corrected chi connectivity index (χ0v) is 18.6. The lowest BCUT2D eigenvalue weighted by atomic mass is 9.83. The largest absolute Gasteiger partial charge is 0.441 e. The van der Waals surface area contributed by atoms with E-state index in [0.717, 1.165) is 60.0 Å². The molecule has 2 heterocycles. The Labute approximate surface area is 186 Å². The van der Waals surface area contributed by atoms with Gasteiger partial charge in [0.2, 0.25) is 11.8 Å². The normalized spacial score (nSPS) is 24.9. The molecule has 31 heavy (non-hydrogen) atoms. The minimum Gasteiger partial charge on any atom is -0.441 e. The third-order valence-electron chi connectivity index (χ3n) is 5.99. The van der Waals surface area contributed by atoms with Crippen LogP contribution in [0.3, 0.4) is 0 Å². The van der Waals surface area contributed by atoms with Crippen molar-refractivity contribution in [3.8, 4) is 11.5 Å². The number of aliphatic hydroxyl groups is 1. The standard InChI is InChI=1S/C23H28N2O5S/c1-13-5-3-7-16(9-13)22-24-18(14(2)30-22)12-29-17-8-4-6-15(10-17)11-19(26)20-21(27)25-23(28)31-20/h3,5,7,9,15,17,19-20,26H,4,6,8,10-12H2,1-2H3,(H,25,27,28). The highest BCUT2D eigenvalue weighted by Gasteiger charge is 2.38. The van der Waals surface area contributed by atoms with E-state index in [2.05, 4.69) is 10.3 Å². The highest BCUT2D eigenvalue weighted by molar-refractivity contribution is 8.15. The lowest BCUT2D eigenvalue weighted by Gasteiger charge is -2.31. The molecular formula is C23H28N2O5S. The van der Waals surface area contributed by atoms with Crippen molar-refractivity contribution < 1.29 is 23.8 Å². The lowest BCUT2D eigenvalue weighted by Crippen LogP contribution is -2.35. The number of aromatic nitrogens is 1. The fourth-order valence-electron chi connectivity index (χ4n) is 4.36. The van der Waals surface area contributed by atoms with Crippen LogP contribution in [0.2, 0.25) is 0 Å². The summed E-state index contributed by atoms with van der Waals surface area (Å²) in [4.78, 5) is 27.8. The van der Waals surface area contributed by atoms with Crippen LogP contribution in [0.1, 0.15) is 49.1 Å². The van der Waals surface area contributed by atoms with E-state index in [1.807, 2.05) is 38.1 Å². The van der Waals surface area contributed by atoms with E-state index in [1.54, 1.807) is 0 Å². The highest BCUT2D eigenvalue weighted by Crippen LogP contribution is 2.33. The van der Waals surface area contributed by atoms with Crippen LogP contribution < -0.4 is 5.32 Å². The van der Waals surface area contributed by atoms with Gasteiger partial charge < -0.3 is 14.3 Å². The number of amides is 2.